The number of hydrogen-bond donors (Lipinski definition) is 1. The minimum atomic E-state index is -6.34. The van der Waals surface area contributed by atoms with E-state index < -0.39 is 40.6 Å². The van der Waals surface area contributed by atoms with Gasteiger partial charge >= 0.3 is 34.0 Å². The van der Waals surface area contributed by atoms with Crippen LogP contribution < -0.4 is 4.18 Å². The van der Waals surface area contributed by atoms with Crippen LogP contribution in [0.5, 0.6) is 5.75 Å². The molecule has 0 aliphatic heterocycles. The first-order chi connectivity index (χ1) is 11.1. The normalized spacial score (nSPS) is 13.4. The Morgan fingerprint density at radius 3 is 1.84 bits per heavy atom. The Balaban J connectivity index is 2.88. The number of benzene rings is 1. The molecule has 0 aliphatic rings. The predicted molar refractivity (Wildman–Crippen MR) is 68.8 cm³/mol. The summed E-state index contributed by atoms with van der Waals surface area (Å²) in [5.41, 5.74) is -5.75. The molecular formula is C12H10F6O6S. The van der Waals surface area contributed by atoms with Crippen molar-refractivity contribution in [1.29, 1.82) is 0 Å². The van der Waals surface area contributed by atoms with Crippen molar-refractivity contribution < 1.29 is 53.6 Å². The lowest BCUT2D eigenvalue weighted by Gasteiger charge is -2.29. The van der Waals surface area contributed by atoms with Crippen molar-refractivity contribution in [2.75, 3.05) is 6.26 Å². The third-order valence-corrected chi connectivity index (χ3v) is 3.15. The Morgan fingerprint density at radius 2 is 1.48 bits per heavy atom. The minimum Gasteiger partial charge on any atom is -0.458 e. The van der Waals surface area contributed by atoms with Gasteiger partial charge in [0.25, 0.3) is 0 Å². The molecule has 0 spiro atoms. The maximum absolute atomic E-state index is 12.4. The number of rotatable bonds is 5. The van der Waals surface area contributed by atoms with E-state index in [1.165, 1.54) is 0 Å². The lowest BCUT2D eigenvalue weighted by molar-refractivity contribution is -0.357. The van der Waals surface area contributed by atoms with Crippen LogP contribution in [0, 0.1) is 0 Å². The van der Waals surface area contributed by atoms with Crippen molar-refractivity contribution in [2.45, 2.75) is 24.6 Å². The second-order valence-corrected chi connectivity index (χ2v) is 6.29. The molecule has 6 nitrogen and oxygen atoms in total. The largest absolute Gasteiger partial charge is 0.458 e. The summed E-state index contributed by atoms with van der Waals surface area (Å²) < 4.78 is 105. The van der Waals surface area contributed by atoms with Crippen LogP contribution in [-0.2, 0) is 26.3 Å². The number of carbonyl (C=O) groups is 1. The van der Waals surface area contributed by atoms with Gasteiger partial charge in [0.05, 0.1) is 6.26 Å². The van der Waals surface area contributed by atoms with Gasteiger partial charge in [-0.25, -0.2) is 4.79 Å². The van der Waals surface area contributed by atoms with E-state index >= 15 is 0 Å². The molecule has 1 aromatic rings. The molecule has 0 saturated heterocycles. The van der Waals surface area contributed by atoms with Crippen LogP contribution >= 0.6 is 0 Å². The fraction of sp³-hybridized carbons (Fsp3) is 0.417. The lowest BCUT2D eigenvalue weighted by Crippen LogP contribution is -2.62. The van der Waals surface area contributed by atoms with E-state index in [1.807, 2.05) is 0 Å². The van der Waals surface area contributed by atoms with E-state index in [-0.39, 0.29) is 11.3 Å². The molecule has 0 unspecified atom stereocenters. The number of alkyl halides is 6. The number of carbonyl (C=O) groups excluding carboxylic acids is 1. The van der Waals surface area contributed by atoms with Crippen LogP contribution in [0.2, 0.25) is 0 Å². The second kappa shape index (κ2) is 6.71. The second-order valence-electron chi connectivity index (χ2n) is 4.71. The zero-order valence-corrected chi connectivity index (χ0v) is 13.0. The average molecular weight is 396 g/mol. The third-order valence-electron chi connectivity index (χ3n) is 2.66. The molecule has 0 atom stereocenters. The van der Waals surface area contributed by atoms with Crippen LogP contribution in [0.25, 0.3) is 0 Å². The van der Waals surface area contributed by atoms with Crippen LogP contribution in [0.4, 0.5) is 26.3 Å². The Bertz CT molecular complexity index is 708. The first-order valence-corrected chi connectivity index (χ1v) is 7.91. The molecule has 0 fully saturated rings. The molecule has 13 heteroatoms. The molecule has 0 radical (unpaired) electrons. The summed E-state index contributed by atoms with van der Waals surface area (Å²) in [4.78, 5) is 11.2. The van der Waals surface area contributed by atoms with Gasteiger partial charge in [0.2, 0.25) is 0 Å². The van der Waals surface area contributed by atoms with Gasteiger partial charge in [-0.15, -0.1) is 0 Å². The van der Waals surface area contributed by atoms with Crippen LogP contribution in [0.1, 0.15) is 5.56 Å². The van der Waals surface area contributed by atoms with E-state index in [0.717, 1.165) is 30.5 Å². The van der Waals surface area contributed by atoms with Gasteiger partial charge in [0, 0.05) is 0 Å². The van der Waals surface area contributed by atoms with Gasteiger partial charge < -0.3 is 14.0 Å². The third kappa shape index (κ3) is 4.98. The highest BCUT2D eigenvalue weighted by Crippen LogP contribution is 2.43. The zero-order valence-electron chi connectivity index (χ0n) is 12.2. The molecule has 1 aromatic carbocycles. The van der Waals surface area contributed by atoms with E-state index in [9.17, 15) is 39.6 Å². The summed E-state index contributed by atoms with van der Waals surface area (Å²) in [7, 11) is -3.84. The summed E-state index contributed by atoms with van der Waals surface area (Å²) in [6, 6.07) is 4.13. The van der Waals surface area contributed by atoms with E-state index in [1.54, 1.807) is 0 Å². The minimum absolute atomic E-state index is 0.0825. The molecule has 0 saturated carbocycles. The summed E-state index contributed by atoms with van der Waals surface area (Å²) in [6.07, 6.45) is -11.9. The van der Waals surface area contributed by atoms with Crippen molar-refractivity contribution in [3.8, 4) is 5.75 Å². The van der Waals surface area contributed by atoms with Gasteiger partial charge in [-0.3, -0.25) is 0 Å². The van der Waals surface area contributed by atoms with Crippen molar-refractivity contribution in [3.63, 3.8) is 0 Å². The molecule has 0 amide bonds. The molecule has 142 valence electrons. The highest BCUT2D eigenvalue weighted by molar-refractivity contribution is 7.86. The van der Waals surface area contributed by atoms with Crippen molar-refractivity contribution in [3.05, 3.63) is 29.8 Å². The number of esters is 1. The first kappa shape index (κ1) is 21.0. The van der Waals surface area contributed by atoms with Gasteiger partial charge in [0.15, 0.2) is 0 Å². The Morgan fingerprint density at radius 1 is 1.04 bits per heavy atom. The number of halogens is 6. The highest BCUT2D eigenvalue weighted by Gasteiger charge is 2.76. The number of ether oxygens (including phenoxy) is 1. The van der Waals surface area contributed by atoms with Crippen LogP contribution in [0.15, 0.2) is 24.3 Å². The van der Waals surface area contributed by atoms with Crippen molar-refractivity contribution in [1.82, 2.24) is 0 Å². The summed E-state index contributed by atoms with van der Waals surface area (Å²) in [6.45, 7) is -1.04. The maximum atomic E-state index is 12.4. The van der Waals surface area contributed by atoms with Crippen LogP contribution in [0.3, 0.4) is 0 Å². The molecule has 1 rings (SSSR count). The van der Waals surface area contributed by atoms with E-state index in [2.05, 4.69) is 8.92 Å². The monoisotopic (exact) mass is 396 g/mol. The zero-order chi connectivity index (χ0) is 19.7. The molecule has 25 heavy (non-hydrogen) atoms. The number of aliphatic hydroxyl groups is 1. The topological polar surface area (TPSA) is 89.9 Å². The van der Waals surface area contributed by atoms with Crippen molar-refractivity contribution in [2.24, 2.45) is 0 Å². The summed E-state index contributed by atoms with van der Waals surface area (Å²) >= 11 is 0. The van der Waals surface area contributed by atoms with E-state index in [0.29, 0.717) is 0 Å². The molecule has 1 N–H and O–H groups in total. The fourth-order valence-electron chi connectivity index (χ4n) is 1.46. The molecular weight excluding hydrogens is 386 g/mol. The molecule has 0 aromatic heterocycles. The molecule has 0 aliphatic carbocycles. The van der Waals surface area contributed by atoms with E-state index in [4.69, 9.17) is 5.11 Å². The fourth-order valence-corrected chi connectivity index (χ4v) is 1.92. The Labute approximate surface area is 137 Å². The van der Waals surface area contributed by atoms with Gasteiger partial charge in [0.1, 0.15) is 12.4 Å². The lowest BCUT2D eigenvalue weighted by atomic mass is 10.0. The first-order valence-electron chi connectivity index (χ1n) is 6.09. The van der Waals surface area contributed by atoms with Gasteiger partial charge in [-0.05, 0) is 17.7 Å². The van der Waals surface area contributed by atoms with Gasteiger partial charge in [-0.2, -0.15) is 34.8 Å². The number of hydrogen-bond acceptors (Lipinski definition) is 6. The SMILES string of the molecule is CS(=O)(=O)Oc1ccc(COC(=O)C(O)(C(F)(F)F)C(F)(F)F)cc1. The quantitative estimate of drug-likeness (QED) is 0.465. The smallest absolute Gasteiger partial charge is 0.437 e. The molecule has 0 bridgehead atoms. The van der Waals surface area contributed by atoms with Gasteiger partial charge in [-0.1, -0.05) is 12.1 Å². The maximum Gasteiger partial charge on any atom is 0.437 e. The Kier molecular flexibility index (Phi) is 5.64. The average Bonchev–Trinajstić information content (AvgIpc) is 2.41. The standard InChI is InChI=1S/C12H10F6O6S/c1-25(21,22)24-8-4-2-7(3-5-8)6-23-9(19)10(20,11(13,14)15)12(16,17)18/h2-5,20H,6H2,1H3. The predicted octanol–water partition coefficient (Wildman–Crippen LogP) is 1.92. The van der Waals surface area contributed by atoms with Crippen LogP contribution in [-0.4, -0.2) is 43.7 Å². The summed E-state index contributed by atoms with van der Waals surface area (Å²) in [5.74, 6) is -3.12. The summed E-state index contributed by atoms with van der Waals surface area (Å²) in [5, 5.41) is 8.79. The Hall–Kier alpha value is -2.02. The van der Waals surface area contributed by atoms with Crippen molar-refractivity contribution >= 4 is 16.1 Å². The highest BCUT2D eigenvalue weighted by atomic mass is 32.2. The molecule has 0 heterocycles.